The van der Waals surface area contributed by atoms with Crippen molar-refractivity contribution in [3.63, 3.8) is 0 Å². The number of nitrogens with one attached hydrogen (secondary N) is 1. The van der Waals surface area contributed by atoms with Gasteiger partial charge in [-0.25, -0.2) is 16.8 Å². The largest absolute Gasteiger partial charge is 0.495 e. The molecule has 1 amide bonds. The molecule has 0 saturated carbocycles. The van der Waals surface area contributed by atoms with Crippen molar-refractivity contribution in [2.75, 3.05) is 42.6 Å². The van der Waals surface area contributed by atoms with E-state index in [-0.39, 0.29) is 35.2 Å². The number of anilines is 2. The van der Waals surface area contributed by atoms with Crippen molar-refractivity contribution < 1.29 is 26.4 Å². The van der Waals surface area contributed by atoms with E-state index in [9.17, 15) is 21.6 Å². The number of hydrogen-bond donors (Lipinski definition) is 1. The number of methoxy groups -OCH3 is 1. The molecular weight excluding hydrogens is 502 g/mol. The van der Waals surface area contributed by atoms with Crippen molar-refractivity contribution in [1.82, 2.24) is 4.31 Å². The number of nitrogens with zero attached hydrogens (tertiary/aromatic N) is 2. The fourth-order valence-electron chi connectivity index (χ4n) is 3.69. The van der Waals surface area contributed by atoms with Crippen LogP contribution in [-0.4, -0.2) is 60.0 Å². The number of halogens is 1. The molecule has 0 aliphatic carbocycles. The van der Waals surface area contributed by atoms with Crippen LogP contribution in [0.15, 0.2) is 47.4 Å². The van der Waals surface area contributed by atoms with Crippen molar-refractivity contribution in [2.24, 2.45) is 0 Å². The summed E-state index contributed by atoms with van der Waals surface area (Å²) >= 11 is 6.12. The molecule has 9 nitrogen and oxygen atoms in total. The highest BCUT2D eigenvalue weighted by atomic mass is 35.5. The molecule has 2 aromatic carbocycles. The third kappa shape index (κ3) is 6.41. The minimum Gasteiger partial charge on any atom is -0.495 e. The second-order valence-electron chi connectivity index (χ2n) is 7.94. The van der Waals surface area contributed by atoms with Crippen molar-refractivity contribution in [3.05, 3.63) is 47.5 Å². The molecule has 0 aromatic heterocycles. The van der Waals surface area contributed by atoms with Gasteiger partial charge in [0.05, 0.1) is 29.0 Å². The maximum atomic E-state index is 12.6. The van der Waals surface area contributed by atoms with Crippen LogP contribution in [0.25, 0.3) is 0 Å². The SMILES string of the molecule is COc1ccc(N(CCCC(=O)Nc2ccc(S(=O)(=O)N3CCCC3)cc2)S(C)(=O)=O)cc1Cl. The van der Waals surface area contributed by atoms with E-state index in [4.69, 9.17) is 16.3 Å². The first-order valence-corrected chi connectivity index (χ1v) is 14.4. The van der Waals surface area contributed by atoms with Crippen molar-refractivity contribution in [2.45, 2.75) is 30.6 Å². The Morgan fingerprint density at radius 3 is 2.29 bits per heavy atom. The number of carbonyl (C=O) groups is 1. The lowest BCUT2D eigenvalue weighted by Crippen LogP contribution is -2.31. The summed E-state index contributed by atoms with van der Waals surface area (Å²) in [6.07, 6.45) is 3.14. The van der Waals surface area contributed by atoms with E-state index in [0.29, 0.717) is 30.2 Å². The smallest absolute Gasteiger partial charge is 0.243 e. The van der Waals surface area contributed by atoms with Gasteiger partial charge in [-0.05, 0) is 61.7 Å². The van der Waals surface area contributed by atoms with Crippen LogP contribution in [0.1, 0.15) is 25.7 Å². The van der Waals surface area contributed by atoms with Crippen LogP contribution in [0.3, 0.4) is 0 Å². The Kier molecular flexibility index (Phi) is 8.45. The van der Waals surface area contributed by atoms with Gasteiger partial charge in [-0.3, -0.25) is 9.10 Å². The first-order chi connectivity index (χ1) is 16.0. The second-order valence-corrected chi connectivity index (χ2v) is 12.2. The molecular formula is C22H28ClN3O6S2. The summed E-state index contributed by atoms with van der Waals surface area (Å²) in [5, 5.41) is 2.99. The third-order valence-electron chi connectivity index (χ3n) is 5.43. The quantitative estimate of drug-likeness (QED) is 0.505. The predicted octanol–water partition coefficient (Wildman–Crippen LogP) is 3.32. The maximum absolute atomic E-state index is 12.6. The molecule has 186 valence electrons. The highest BCUT2D eigenvalue weighted by Gasteiger charge is 2.27. The van der Waals surface area contributed by atoms with Gasteiger partial charge in [0.2, 0.25) is 26.0 Å². The highest BCUT2D eigenvalue weighted by Crippen LogP contribution is 2.30. The molecule has 1 saturated heterocycles. The summed E-state index contributed by atoms with van der Waals surface area (Å²) in [4.78, 5) is 12.6. The molecule has 2 aromatic rings. The highest BCUT2D eigenvalue weighted by molar-refractivity contribution is 7.92. The zero-order valence-corrected chi connectivity index (χ0v) is 21.4. The number of carbonyl (C=O) groups excluding carboxylic acids is 1. The Hall–Kier alpha value is -2.34. The standard InChI is InChI=1S/C22H28ClN3O6S2/c1-32-21-12-9-18(16-20(21)23)26(33(2,28)29)15-5-6-22(27)24-17-7-10-19(11-8-17)34(30,31)25-13-3-4-14-25/h7-12,16H,3-6,13-15H2,1-2H3,(H,24,27). The lowest BCUT2D eigenvalue weighted by atomic mass is 10.2. The molecule has 0 atom stereocenters. The van der Waals surface area contributed by atoms with Gasteiger partial charge in [-0.1, -0.05) is 11.6 Å². The van der Waals surface area contributed by atoms with Crippen molar-refractivity contribution in [3.8, 4) is 5.75 Å². The molecule has 3 rings (SSSR count). The fraction of sp³-hybridized carbons (Fsp3) is 0.409. The molecule has 1 aliphatic rings. The van der Waals surface area contributed by atoms with Gasteiger partial charge in [-0.2, -0.15) is 4.31 Å². The van der Waals surface area contributed by atoms with E-state index in [2.05, 4.69) is 5.32 Å². The van der Waals surface area contributed by atoms with Crippen LogP contribution in [0.4, 0.5) is 11.4 Å². The van der Waals surface area contributed by atoms with Crippen molar-refractivity contribution >= 4 is 48.9 Å². The molecule has 0 spiro atoms. The number of sulfonamides is 2. The van der Waals surface area contributed by atoms with Crippen LogP contribution < -0.4 is 14.4 Å². The molecule has 1 heterocycles. The number of benzene rings is 2. The molecule has 1 fully saturated rings. The van der Waals surface area contributed by atoms with Crippen LogP contribution in [0.5, 0.6) is 5.75 Å². The molecule has 12 heteroatoms. The Morgan fingerprint density at radius 1 is 1.09 bits per heavy atom. The van der Waals surface area contributed by atoms with Gasteiger partial charge in [0.15, 0.2) is 0 Å². The molecule has 34 heavy (non-hydrogen) atoms. The average Bonchev–Trinajstić information content (AvgIpc) is 3.32. The van der Waals surface area contributed by atoms with Crippen LogP contribution in [0.2, 0.25) is 5.02 Å². The molecule has 0 radical (unpaired) electrons. The first kappa shape index (κ1) is 26.3. The van der Waals surface area contributed by atoms with E-state index >= 15 is 0 Å². The molecule has 1 aliphatic heterocycles. The zero-order chi connectivity index (χ0) is 24.9. The van der Waals surface area contributed by atoms with Gasteiger partial charge < -0.3 is 10.1 Å². The summed E-state index contributed by atoms with van der Waals surface area (Å²) < 4.78 is 57.5. The van der Waals surface area contributed by atoms with E-state index in [1.54, 1.807) is 24.3 Å². The van der Waals surface area contributed by atoms with Gasteiger partial charge in [0, 0.05) is 31.7 Å². The fourth-order valence-corrected chi connectivity index (χ4v) is 6.42. The predicted molar refractivity (Wildman–Crippen MR) is 132 cm³/mol. The number of hydrogen-bond acceptors (Lipinski definition) is 6. The summed E-state index contributed by atoms with van der Waals surface area (Å²) in [6.45, 7) is 1.13. The molecule has 0 unspecified atom stereocenters. The summed E-state index contributed by atoms with van der Waals surface area (Å²) in [7, 11) is -5.64. The third-order valence-corrected chi connectivity index (χ3v) is 8.83. The summed E-state index contributed by atoms with van der Waals surface area (Å²) in [6, 6.07) is 10.7. The maximum Gasteiger partial charge on any atom is 0.243 e. The van der Waals surface area contributed by atoms with Crippen LogP contribution in [-0.2, 0) is 24.8 Å². The molecule has 0 bridgehead atoms. The lowest BCUT2D eigenvalue weighted by molar-refractivity contribution is -0.116. The normalized spacial score (nSPS) is 14.7. The number of ether oxygens (including phenoxy) is 1. The van der Waals surface area contributed by atoms with Gasteiger partial charge >= 0.3 is 0 Å². The monoisotopic (exact) mass is 529 g/mol. The topological polar surface area (TPSA) is 113 Å². The summed E-state index contributed by atoms with van der Waals surface area (Å²) in [5.74, 6) is 0.119. The van der Waals surface area contributed by atoms with Gasteiger partial charge in [-0.15, -0.1) is 0 Å². The van der Waals surface area contributed by atoms with E-state index in [1.165, 1.54) is 33.9 Å². The van der Waals surface area contributed by atoms with E-state index in [0.717, 1.165) is 19.1 Å². The Balaban J connectivity index is 1.58. The second kappa shape index (κ2) is 10.9. The zero-order valence-electron chi connectivity index (χ0n) is 19.0. The van der Waals surface area contributed by atoms with Crippen molar-refractivity contribution in [1.29, 1.82) is 0 Å². The van der Waals surface area contributed by atoms with Gasteiger partial charge in [0.1, 0.15) is 5.75 Å². The van der Waals surface area contributed by atoms with E-state index in [1.807, 2.05) is 0 Å². The molecule has 1 N–H and O–H groups in total. The van der Waals surface area contributed by atoms with Gasteiger partial charge in [0.25, 0.3) is 0 Å². The average molecular weight is 530 g/mol. The van der Waals surface area contributed by atoms with Crippen LogP contribution in [0, 0.1) is 0 Å². The Labute approximate surface area is 205 Å². The number of amides is 1. The van der Waals surface area contributed by atoms with E-state index < -0.39 is 20.0 Å². The summed E-state index contributed by atoms with van der Waals surface area (Å²) in [5.41, 5.74) is 0.843. The minimum atomic E-state index is -3.60. The van der Waals surface area contributed by atoms with Crippen LogP contribution >= 0.6 is 11.6 Å². The minimum absolute atomic E-state index is 0.0731. The lowest BCUT2D eigenvalue weighted by Gasteiger charge is -2.23. The number of rotatable bonds is 10. The first-order valence-electron chi connectivity index (χ1n) is 10.7. The Morgan fingerprint density at radius 2 is 1.74 bits per heavy atom. The Bertz CT molecular complexity index is 1230.